The van der Waals surface area contributed by atoms with Crippen LogP contribution in [0.4, 0.5) is 5.82 Å². The maximum Gasteiger partial charge on any atom is 0.363 e. The highest BCUT2D eigenvalue weighted by atomic mass is 32.2. The number of nitro groups is 1. The fourth-order valence-corrected chi connectivity index (χ4v) is 3.87. The summed E-state index contributed by atoms with van der Waals surface area (Å²) in [4.78, 5) is 19.8. The lowest BCUT2D eigenvalue weighted by Crippen LogP contribution is -1.96. The maximum atomic E-state index is 11.4. The number of hydrogen-bond donors (Lipinski definition) is 0. The van der Waals surface area contributed by atoms with Gasteiger partial charge in [0, 0.05) is 30.4 Å². The molecule has 0 aliphatic heterocycles. The highest BCUT2D eigenvalue weighted by Crippen LogP contribution is 2.36. The molecule has 9 nitrogen and oxygen atoms in total. The molecule has 0 atom stereocenters. The molecule has 0 fully saturated rings. The third-order valence-electron chi connectivity index (χ3n) is 3.34. The van der Waals surface area contributed by atoms with E-state index in [9.17, 15) is 10.1 Å². The third-order valence-corrected chi connectivity index (χ3v) is 5.10. The molecule has 0 aliphatic carbocycles. The summed E-state index contributed by atoms with van der Waals surface area (Å²) < 4.78 is 3.24. The summed E-state index contributed by atoms with van der Waals surface area (Å²) in [5.41, 5.74) is 0.868. The first-order valence-electron chi connectivity index (χ1n) is 6.72. The van der Waals surface area contributed by atoms with Crippen LogP contribution in [0, 0.1) is 10.1 Å². The zero-order valence-corrected chi connectivity index (χ0v) is 13.9. The second kappa shape index (κ2) is 5.69. The highest BCUT2D eigenvalue weighted by Gasteiger charge is 2.26. The molecule has 4 rings (SSSR count). The van der Waals surface area contributed by atoms with Crippen molar-refractivity contribution in [1.82, 2.24) is 29.1 Å². The van der Waals surface area contributed by atoms with Gasteiger partial charge in [0.05, 0.1) is 0 Å². The first-order chi connectivity index (χ1) is 11.6. The molecule has 120 valence electrons. The van der Waals surface area contributed by atoms with Crippen LogP contribution in [0.15, 0.2) is 46.3 Å². The Morgan fingerprint density at radius 3 is 2.83 bits per heavy atom. The van der Waals surface area contributed by atoms with Crippen molar-refractivity contribution in [3.8, 4) is 11.4 Å². The van der Waals surface area contributed by atoms with Gasteiger partial charge in [-0.2, -0.15) is 9.38 Å². The van der Waals surface area contributed by atoms with Crippen LogP contribution < -0.4 is 0 Å². The summed E-state index contributed by atoms with van der Waals surface area (Å²) in [6.07, 6.45) is 4.98. The Balaban J connectivity index is 1.75. The van der Waals surface area contributed by atoms with E-state index < -0.39 is 4.92 Å². The lowest BCUT2D eigenvalue weighted by Gasteiger charge is -2.02. The Morgan fingerprint density at radius 2 is 2.08 bits per heavy atom. The number of rotatable bonds is 4. The van der Waals surface area contributed by atoms with E-state index in [-0.39, 0.29) is 5.82 Å². The molecule has 4 heterocycles. The molecule has 0 radical (unpaired) electrons. The van der Waals surface area contributed by atoms with Gasteiger partial charge in [0.25, 0.3) is 4.96 Å². The summed E-state index contributed by atoms with van der Waals surface area (Å²) in [6, 6.07) is 3.65. The number of aromatic nitrogens is 6. The van der Waals surface area contributed by atoms with Crippen molar-refractivity contribution < 1.29 is 4.92 Å². The Bertz CT molecular complexity index is 1040. The number of nitrogens with zero attached hydrogens (tertiary/aromatic N) is 7. The van der Waals surface area contributed by atoms with Gasteiger partial charge < -0.3 is 14.7 Å². The molecule has 0 N–H and O–H groups in total. The molecule has 0 bridgehead atoms. The van der Waals surface area contributed by atoms with E-state index in [1.54, 1.807) is 28.5 Å². The fraction of sp³-hybridized carbons (Fsp3) is 0.0769. The number of thiazole rings is 1. The molecule has 11 heteroatoms. The normalized spacial score (nSPS) is 11.2. The molecule has 0 amide bonds. The van der Waals surface area contributed by atoms with Crippen LogP contribution in [0.2, 0.25) is 0 Å². The Morgan fingerprint density at radius 1 is 1.29 bits per heavy atom. The standard InChI is InChI=1S/C13H9N7O2S2/c1-18-9(8-2-4-14-5-3-8)16-17-13(18)24-10-11(20(21)22)19-6-7-23-12(19)15-10/h2-7H,1H3. The van der Waals surface area contributed by atoms with Crippen molar-refractivity contribution >= 4 is 33.9 Å². The van der Waals surface area contributed by atoms with Crippen LogP contribution in [0.25, 0.3) is 16.3 Å². The van der Waals surface area contributed by atoms with Crippen molar-refractivity contribution in [2.24, 2.45) is 7.05 Å². The van der Waals surface area contributed by atoms with E-state index in [4.69, 9.17) is 0 Å². The molecule has 24 heavy (non-hydrogen) atoms. The summed E-state index contributed by atoms with van der Waals surface area (Å²) in [7, 11) is 1.81. The van der Waals surface area contributed by atoms with Gasteiger partial charge in [-0.15, -0.1) is 10.2 Å². The summed E-state index contributed by atoms with van der Waals surface area (Å²) >= 11 is 2.46. The molecule has 0 aliphatic rings. The lowest BCUT2D eigenvalue weighted by molar-refractivity contribution is -0.393. The molecule has 4 aromatic rings. The van der Waals surface area contributed by atoms with Gasteiger partial charge >= 0.3 is 5.82 Å². The smallest absolute Gasteiger partial charge is 0.358 e. The molecule has 4 aromatic heterocycles. The summed E-state index contributed by atoms with van der Waals surface area (Å²) in [5, 5.41) is 22.2. The second-order valence-corrected chi connectivity index (χ2v) is 6.59. The number of hydrogen-bond acceptors (Lipinski definition) is 8. The molecular formula is C13H9N7O2S2. The number of fused-ring (bicyclic) bond motifs is 1. The van der Waals surface area contributed by atoms with E-state index in [0.717, 1.165) is 17.3 Å². The van der Waals surface area contributed by atoms with Crippen LogP contribution in [0.5, 0.6) is 0 Å². The van der Waals surface area contributed by atoms with Crippen LogP contribution in [-0.4, -0.2) is 34.1 Å². The molecule has 0 saturated heterocycles. The van der Waals surface area contributed by atoms with Crippen molar-refractivity contribution in [1.29, 1.82) is 0 Å². The van der Waals surface area contributed by atoms with Gasteiger partial charge in [0.15, 0.2) is 11.0 Å². The topological polar surface area (TPSA) is 104 Å². The lowest BCUT2D eigenvalue weighted by atomic mass is 10.2. The van der Waals surface area contributed by atoms with E-state index in [1.165, 1.54) is 15.7 Å². The predicted molar refractivity (Wildman–Crippen MR) is 88.1 cm³/mol. The highest BCUT2D eigenvalue weighted by molar-refractivity contribution is 7.99. The van der Waals surface area contributed by atoms with Crippen LogP contribution in [0.3, 0.4) is 0 Å². The van der Waals surface area contributed by atoms with Crippen LogP contribution in [-0.2, 0) is 7.05 Å². The molecular weight excluding hydrogens is 350 g/mol. The van der Waals surface area contributed by atoms with Gasteiger partial charge in [0.2, 0.25) is 5.03 Å². The van der Waals surface area contributed by atoms with E-state index in [0.29, 0.717) is 21.0 Å². The quantitative estimate of drug-likeness (QED) is 0.407. The minimum absolute atomic E-state index is 0.0651. The number of imidazole rings is 1. The molecule has 0 unspecified atom stereocenters. The summed E-state index contributed by atoms with van der Waals surface area (Å²) in [6.45, 7) is 0. The molecule has 0 spiro atoms. The fourth-order valence-electron chi connectivity index (χ4n) is 2.23. The Kier molecular flexibility index (Phi) is 3.50. The van der Waals surface area contributed by atoms with Crippen molar-refractivity contribution in [3.05, 3.63) is 46.2 Å². The van der Waals surface area contributed by atoms with Crippen molar-refractivity contribution in [2.45, 2.75) is 10.2 Å². The van der Waals surface area contributed by atoms with Crippen molar-refractivity contribution in [2.75, 3.05) is 0 Å². The monoisotopic (exact) mass is 359 g/mol. The third kappa shape index (κ3) is 2.34. The van der Waals surface area contributed by atoms with E-state index in [1.807, 2.05) is 19.2 Å². The average Bonchev–Trinajstić information content (AvgIpc) is 3.23. The van der Waals surface area contributed by atoms with Gasteiger partial charge in [-0.1, -0.05) is 11.3 Å². The SMILES string of the molecule is Cn1c(Sc2nc3sccn3c2[N+](=O)[O-])nnc1-c1ccncc1. The summed E-state index contributed by atoms with van der Waals surface area (Å²) in [5.74, 6) is 0.591. The first-order valence-corrected chi connectivity index (χ1v) is 8.42. The minimum Gasteiger partial charge on any atom is -0.358 e. The Hall–Kier alpha value is -2.79. The van der Waals surface area contributed by atoms with Gasteiger partial charge in [-0.25, -0.2) is 0 Å². The average molecular weight is 359 g/mol. The zero-order chi connectivity index (χ0) is 16.7. The van der Waals surface area contributed by atoms with Gasteiger partial charge in [0.1, 0.15) is 6.20 Å². The van der Waals surface area contributed by atoms with Crippen LogP contribution in [0.1, 0.15) is 0 Å². The first kappa shape index (κ1) is 14.8. The zero-order valence-electron chi connectivity index (χ0n) is 12.2. The maximum absolute atomic E-state index is 11.4. The van der Waals surface area contributed by atoms with Gasteiger partial charge in [-0.05, 0) is 28.8 Å². The van der Waals surface area contributed by atoms with Crippen molar-refractivity contribution in [3.63, 3.8) is 0 Å². The second-order valence-electron chi connectivity index (χ2n) is 4.76. The van der Waals surface area contributed by atoms with Gasteiger partial charge in [-0.3, -0.25) is 4.98 Å². The Labute approximate surface area is 143 Å². The largest absolute Gasteiger partial charge is 0.363 e. The van der Waals surface area contributed by atoms with Crippen LogP contribution >= 0.6 is 23.1 Å². The predicted octanol–water partition coefficient (Wildman–Crippen LogP) is 2.65. The molecule has 0 saturated carbocycles. The minimum atomic E-state index is -0.435. The molecule has 0 aromatic carbocycles. The number of pyridine rings is 1. The van der Waals surface area contributed by atoms with E-state index >= 15 is 0 Å². The van der Waals surface area contributed by atoms with E-state index in [2.05, 4.69) is 20.2 Å².